The van der Waals surface area contributed by atoms with Gasteiger partial charge in [0.15, 0.2) is 6.61 Å². The van der Waals surface area contributed by atoms with Crippen molar-refractivity contribution in [2.75, 3.05) is 5.32 Å². The third-order valence-electron chi connectivity index (χ3n) is 4.14. The Morgan fingerprint density at radius 1 is 1.00 bits per heavy atom. The molecule has 1 heterocycles. The number of hydrogen-bond acceptors (Lipinski definition) is 5. The summed E-state index contributed by atoms with van der Waals surface area (Å²) in [4.78, 5) is 12.2. The van der Waals surface area contributed by atoms with Gasteiger partial charge in [0.2, 0.25) is 5.89 Å². The topological polar surface area (TPSA) is 77.2 Å². The fourth-order valence-electron chi connectivity index (χ4n) is 2.72. The minimum Gasteiger partial charge on any atom is -0.484 e. The highest BCUT2D eigenvalue weighted by Gasteiger charge is 2.12. The normalized spacial score (nSPS) is 10.7. The molecule has 31 heavy (non-hydrogen) atoms. The number of ether oxygens (including phenoxy) is 1. The van der Waals surface area contributed by atoms with E-state index in [9.17, 15) is 13.6 Å². The summed E-state index contributed by atoms with van der Waals surface area (Å²) in [5.41, 5.74) is 0.977. The lowest BCUT2D eigenvalue weighted by molar-refractivity contribution is 0.102. The molecule has 9 heteroatoms. The van der Waals surface area contributed by atoms with Crippen molar-refractivity contribution in [1.29, 1.82) is 0 Å². The van der Waals surface area contributed by atoms with Crippen molar-refractivity contribution in [2.45, 2.75) is 6.61 Å². The molecule has 0 unspecified atom stereocenters. The van der Waals surface area contributed by atoms with Gasteiger partial charge in [-0.05, 0) is 48.5 Å². The van der Waals surface area contributed by atoms with Gasteiger partial charge in [0, 0.05) is 34.0 Å². The van der Waals surface area contributed by atoms with E-state index in [2.05, 4.69) is 15.5 Å². The number of amides is 1. The highest BCUT2D eigenvalue weighted by molar-refractivity contribution is 6.30. The van der Waals surface area contributed by atoms with Crippen molar-refractivity contribution in [3.05, 3.63) is 94.8 Å². The smallest absolute Gasteiger partial charge is 0.255 e. The maximum absolute atomic E-state index is 13.3. The van der Waals surface area contributed by atoms with Gasteiger partial charge >= 0.3 is 0 Å². The van der Waals surface area contributed by atoms with E-state index < -0.39 is 17.5 Å². The predicted octanol–water partition coefficient (Wildman–Crippen LogP) is 5.50. The van der Waals surface area contributed by atoms with Crippen molar-refractivity contribution in [2.24, 2.45) is 0 Å². The van der Waals surface area contributed by atoms with Crippen LogP contribution < -0.4 is 10.1 Å². The molecular formula is C22H14ClF2N3O3. The molecule has 1 N–H and O–H groups in total. The summed E-state index contributed by atoms with van der Waals surface area (Å²) in [6.07, 6.45) is 0. The molecule has 0 spiro atoms. The van der Waals surface area contributed by atoms with Crippen molar-refractivity contribution in [3.8, 4) is 17.2 Å². The van der Waals surface area contributed by atoms with Gasteiger partial charge in [0.05, 0.1) is 0 Å². The van der Waals surface area contributed by atoms with Crippen LogP contribution in [0.15, 0.2) is 71.1 Å². The molecule has 4 rings (SSSR count). The molecule has 0 aliphatic rings. The first-order valence-electron chi connectivity index (χ1n) is 9.05. The molecule has 0 radical (unpaired) electrons. The van der Waals surface area contributed by atoms with Crippen molar-refractivity contribution in [3.63, 3.8) is 0 Å². The van der Waals surface area contributed by atoms with E-state index in [1.807, 2.05) is 0 Å². The Hall–Kier alpha value is -3.78. The van der Waals surface area contributed by atoms with Crippen LogP contribution in [0.25, 0.3) is 11.5 Å². The second kappa shape index (κ2) is 8.93. The lowest BCUT2D eigenvalue weighted by Crippen LogP contribution is -2.12. The molecule has 0 fully saturated rings. The zero-order valence-corrected chi connectivity index (χ0v) is 16.6. The van der Waals surface area contributed by atoms with Gasteiger partial charge in [-0.15, -0.1) is 10.2 Å². The molecule has 6 nitrogen and oxygen atoms in total. The third kappa shape index (κ3) is 5.23. The number of hydrogen-bond donors (Lipinski definition) is 1. The molecule has 1 amide bonds. The molecule has 0 atom stereocenters. The van der Waals surface area contributed by atoms with Crippen LogP contribution in [0.1, 0.15) is 16.2 Å². The summed E-state index contributed by atoms with van der Waals surface area (Å²) in [5.74, 6) is -1.30. The van der Waals surface area contributed by atoms with E-state index in [1.54, 1.807) is 48.5 Å². The van der Waals surface area contributed by atoms with E-state index >= 15 is 0 Å². The first-order chi connectivity index (χ1) is 15.0. The van der Waals surface area contributed by atoms with Crippen LogP contribution in [0.4, 0.5) is 14.5 Å². The molecule has 156 valence electrons. The van der Waals surface area contributed by atoms with Gasteiger partial charge in [-0.1, -0.05) is 17.7 Å². The van der Waals surface area contributed by atoms with Gasteiger partial charge in [-0.25, -0.2) is 8.78 Å². The second-order valence-electron chi connectivity index (χ2n) is 6.44. The zero-order chi connectivity index (χ0) is 21.8. The fourth-order valence-corrected chi connectivity index (χ4v) is 2.84. The predicted molar refractivity (Wildman–Crippen MR) is 110 cm³/mol. The van der Waals surface area contributed by atoms with Gasteiger partial charge in [0.1, 0.15) is 17.4 Å². The molecule has 0 aliphatic carbocycles. The summed E-state index contributed by atoms with van der Waals surface area (Å²) in [5, 5.41) is 11.1. The third-order valence-corrected chi connectivity index (χ3v) is 4.39. The SMILES string of the molecule is O=C(Nc1cccc(OCc2nnc(-c3ccc(Cl)cc3)o2)c1)c1cc(F)cc(F)c1. The van der Waals surface area contributed by atoms with Crippen molar-refractivity contribution in [1.82, 2.24) is 10.2 Å². The van der Waals surface area contributed by atoms with E-state index in [-0.39, 0.29) is 18.1 Å². The summed E-state index contributed by atoms with van der Waals surface area (Å²) in [6, 6.07) is 16.1. The average molecular weight is 442 g/mol. The molecule has 1 aromatic heterocycles. The van der Waals surface area contributed by atoms with Crippen molar-refractivity contribution < 1.29 is 22.7 Å². The van der Waals surface area contributed by atoms with Gasteiger partial charge in [-0.3, -0.25) is 4.79 Å². The largest absolute Gasteiger partial charge is 0.484 e. The number of benzene rings is 3. The quantitative estimate of drug-likeness (QED) is 0.427. The highest BCUT2D eigenvalue weighted by Crippen LogP contribution is 2.22. The maximum Gasteiger partial charge on any atom is 0.255 e. The average Bonchev–Trinajstić information content (AvgIpc) is 3.21. The van der Waals surface area contributed by atoms with Crippen molar-refractivity contribution >= 4 is 23.2 Å². The Kier molecular flexibility index (Phi) is 5.90. The molecule has 3 aromatic carbocycles. The Morgan fingerprint density at radius 3 is 2.48 bits per heavy atom. The van der Waals surface area contributed by atoms with E-state index in [0.29, 0.717) is 28.4 Å². The van der Waals surface area contributed by atoms with E-state index in [1.165, 1.54) is 0 Å². The molecule has 0 bridgehead atoms. The van der Waals surface area contributed by atoms with Crippen LogP contribution in [0.5, 0.6) is 5.75 Å². The monoisotopic (exact) mass is 441 g/mol. The first-order valence-corrected chi connectivity index (χ1v) is 9.43. The number of anilines is 1. The highest BCUT2D eigenvalue weighted by atomic mass is 35.5. The first kappa shape index (κ1) is 20.5. The van der Waals surface area contributed by atoms with Gasteiger partial charge in [0.25, 0.3) is 11.8 Å². The minimum absolute atomic E-state index is 0.00704. The minimum atomic E-state index is -0.834. The molecule has 0 aliphatic heterocycles. The number of halogens is 3. The zero-order valence-electron chi connectivity index (χ0n) is 15.8. The molecule has 0 saturated heterocycles. The van der Waals surface area contributed by atoms with Crippen LogP contribution >= 0.6 is 11.6 Å². The molecular weight excluding hydrogens is 428 g/mol. The van der Waals surface area contributed by atoms with Gasteiger partial charge < -0.3 is 14.5 Å². The maximum atomic E-state index is 13.3. The molecule has 0 saturated carbocycles. The van der Waals surface area contributed by atoms with Crippen LogP contribution in [0.2, 0.25) is 5.02 Å². The lowest BCUT2D eigenvalue weighted by Gasteiger charge is -2.08. The van der Waals surface area contributed by atoms with Gasteiger partial charge in [-0.2, -0.15) is 0 Å². The number of rotatable bonds is 6. The van der Waals surface area contributed by atoms with E-state index in [0.717, 1.165) is 17.7 Å². The second-order valence-corrected chi connectivity index (χ2v) is 6.87. The van der Waals surface area contributed by atoms with Crippen LogP contribution in [-0.4, -0.2) is 16.1 Å². The Morgan fingerprint density at radius 2 is 1.74 bits per heavy atom. The summed E-state index contributed by atoms with van der Waals surface area (Å²) < 4.78 is 37.8. The fraction of sp³-hybridized carbons (Fsp3) is 0.0455. The lowest BCUT2D eigenvalue weighted by atomic mass is 10.2. The summed E-state index contributed by atoms with van der Waals surface area (Å²) in [6.45, 7) is 0.00704. The number of carbonyl (C=O) groups excluding carboxylic acids is 1. The Labute approximate surface area is 180 Å². The van der Waals surface area contributed by atoms with Crippen LogP contribution in [-0.2, 0) is 6.61 Å². The number of nitrogens with one attached hydrogen (secondary N) is 1. The van der Waals surface area contributed by atoms with Crippen LogP contribution in [0, 0.1) is 11.6 Å². The van der Waals surface area contributed by atoms with Crippen LogP contribution in [0.3, 0.4) is 0 Å². The number of aromatic nitrogens is 2. The Balaban J connectivity index is 1.40. The number of nitrogens with zero attached hydrogens (tertiary/aromatic N) is 2. The molecule has 4 aromatic rings. The standard InChI is InChI=1S/C22H14ClF2N3O3/c23-15-6-4-13(5-7-15)22-28-27-20(31-22)12-30-19-3-1-2-18(11-19)26-21(29)14-8-16(24)10-17(25)9-14/h1-11H,12H2,(H,26,29). The van der Waals surface area contributed by atoms with E-state index in [4.69, 9.17) is 20.8 Å². The summed E-state index contributed by atoms with van der Waals surface area (Å²) in [7, 11) is 0. The Bertz CT molecular complexity index is 1210. The number of carbonyl (C=O) groups is 1. The summed E-state index contributed by atoms with van der Waals surface area (Å²) >= 11 is 5.87.